The van der Waals surface area contributed by atoms with Crippen LogP contribution in [0.1, 0.15) is 33.6 Å². The monoisotopic (exact) mass is 416 g/mol. The average molecular weight is 416 g/mol. The summed E-state index contributed by atoms with van der Waals surface area (Å²) in [5.74, 6) is 0.601. The van der Waals surface area contributed by atoms with Crippen LogP contribution in [-0.4, -0.2) is 39.8 Å². The molecule has 2 aromatic carbocycles. The number of aryl methyl sites for hydroxylation is 2. The summed E-state index contributed by atoms with van der Waals surface area (Å²) < 4.78 is 5.76. The molecule has 31 heavy (non-hydrogen) atoms. The molecule has 0 fully saturated rings. The van der Waals surface area contributed by atoms with Crippen molar-refractivity contribution in [1.29, 1.82) is 0 Å². The molecule has 0 saturated carbocycles. The van der Waals surface area contributed by atoms with E-state index in [2.05, 4.69) is 15.3 Å². The number of carbonyl (C=O) groups excluding carboxylic acids is 2. The third kappa shape index (κ3) is 5.06. The number of para-hydroxylation sites is 1. The molecule has 1 aliphatic heterocycles. The Morgan fingerprint density at radius 2 is 2.03 bits per heavy atom. The minimum atomic E-state index is -0.129. The Balaban J connectivity index is 1.44. The lowest BCUT2D eigenvalue weighted by Gasteiger charge is -2.20. The third-order valence-corrected chi connectivity index (χ3v) is 5.22. The first-order valence-electron chi connectivity index (χ1n) is 10.3. The van der Waals surface area contributed by atoms with Crippen molar-refractivity contribution in [2.45, 2.75) is 26.3 Å². The highest BCUT2D eigenvalue weighted by Crippen LogP contribution is 2.24. The number of nitrogens with zero attached hydrogens (tertiary/aromatic N) is 3. The summed E-state index contributed by atoms with van der Waals surface area (Å²) in [6.45, 7) is 3.34. The average Bonchev–Trinajstić information content (AvgIpc) is 3.02. The highest BCUT2D eigenvalue weighted by Gasteiger charge is 2.21. The van der Waals surface area contributed by atoms with Crippen LogP contribution in [0.3, 0.4) is 0 Å². The van der Waals surface area contributed by atoms with Gasteiger partial charge in [0.2, 0.25) is 5.91 Å². The second-order valence-corrected chi connectivity index (χ2v) is 7.46. The number of nitrogens with one attached hydrogen (secondary N) is 1. The van der Waals surface area contributed by atoms with Gasteiger partial charge in [-0.3, -0.25) is 19.6 Å². The number of carbonyl (C=O) groups is 2. The standard InChI is InChI=1S/C24H24N4O3/c1-17-6-7-18(14-21(17)27-23(29)9-8-20-15-25-10-11-26-20)24(30)28-12-13-31-22-5-3-2-4-19(22)16-28/h2-7,10-11,14-15H,8-9,12-13,16H2,1H3,(H,27,29). The quantitative estimate of drug-likeness (QED) is 0.689. The Hall–Kier alpha value is -3.74. The predicted octanol–water partition coefficient (Wildman–Crippen LogP) is 3.39. The number of anilines is 1. The van der Waals surface area contributed by atoms with Gasteiger partial charge >= 0.3 is 0 Å². The highest BCUT2D eigenvalue weighted by atomic mass is 16.5. The van der Waals surface area contributed by atoms with Crippen molar-refractivity contribution in [3.63, 3.8) is 0 Å². The normalized spacial score (nSPS) is 13.0. The summed E-state index contributed by atoms with van der Waals surface area (Å²) in [4.78, 5) is 35.6. The number of hydrogen-bond acceptors (Lipinski definition) is 5. The van der Waals surface area contributed by atoms with Gasteiger partial charge in [0, 0.05) is 48.4 Å². The molecule has 0 bridgehead atoms. The molecule has 0 saturated heterocycles. The molecule has 2 amide bonds. The first kappa shape index (κ1) is 20.5. The second kappa shape index (κ2) is 9.38. The second-order valence-electron chi connectivity index (χ2n) is 7.46. The molecule has 7 nitrogen and oxygen atoms in total. The number of fused-ring (bicyclic) bond motifs is 1. The molecule has 7 heteroatoms. The smallest absolute Gasteiger partial charge is 0.254 e. The first-order valence-corrected chi connectivity index (χ1v) is 10.3. The highest BCUT2D eigenvalue weighted by molar-refractivity contribution is 5.97. The van der Waals surface area contributed by atoms with E-state index in [0.717, 1.165) is 22.6 Å². The zero-order valence-electron chi connectivity index (χ0n) is 17.4. The van der Waals surface area contributed by atoms with E-state index in [1.165, 1.54) is 0 Å². The summed E-state index contributed by atoms with van der Waals surface area (Å²) in [5, 5.41) is 2.92. The van der Waals surface area contributed by atoms with Crippen molar-refractivity contribution < 1.29 is 14.3 Å². The van der Waals surface area contributed by atoms with Crippen molar-refractivity contribution in [3.8, 4) is 5.75 Å². The predicted molar refractivity (Wildman–Crippen MR) is 117 cm³/mol. The van der Waals surface area contributed by atoms with Crippen LogP contribution in [-0.2, 0) is 17.8 Å². The minimum Gasteiger partial charge on any atom is -0.491 e. The summed E-state index contributed by atoms with van der Waals surface area (Å²) in [6.07, 6.45) is 5.66. The SMILES string of the molecule is Cc1ccc(C(=O)N2CCOc3ccccc3C2)cc1NC(=O)CCc1cnccn1. The minimum absolute atomic E-state index is 0.0876. The maximum absolute atomic E-state index is 13.2. The maximum Gasteiger partial charge on any atom is 0.254 e. The Morgan fingerprint density at radius 1 is 1.16 bits per heavy atom. The molecule has 0 aliphatic carbocycles. The van der Waals surface area contributed by atoms with E-state index in [9.17, 15) is 9.59 Å². The van der Waals surface area contributed by atoms with Crippen molar-refractivity contribution in [2.75, 3.05) is 18.5 Å². The third-order valence-electron chi connectivity index (χ3n) is 5.22. The van der Waals surface area contributed by atoms with Crippen LogP contribution in [0.15, 0.2) is 61.1 Å². The Bertz CT molecular complexity index is 1090. The van der Waals surface area contributed by atoms with Gasteiger partial charge in [-0.1, -0.05) is 24.3 Å². The molecule has 158 valence electrons. The molecule has 1 aliphatic rings. The molecule has 2 heterocycles. The van der Waals surface area contributed by atoms with Crippen LogP contribution >= 0.6 is 0 Å². The lowest BCUT2D eigenvalue weighted by atomic mass is 10.1. The zero-order valence-corrected chi connectivity index (χ0v) is 17.4. The van der Waals surface area contributed by atoms with Crippen molar-refractivity contribution in [2.24, 2.45) is 0 Å². The van der Waals surface area contributed by atoms with Crippen molar-refractivity contribution in [1.82, 2.24) is 14.9 Å². The molecule has 0 unspecified atom stereocenters. The summed E-state index contributed by atoms with van der Waals surface area (Å²) in [7, 11) is 0. The van der Waals surface area contributed by atoms with E-state index < -0.39 is 0 Å². The molecule has 4 rings (SSSR count). The van der Waals surface area contributed by atoms with Gasteiger partial charge in [0.25, 0.3) is 5.91 Å². The molecular formula is C24H24N4O3. The lowest BCUT2D eigenvalue weighted by Crippen LogP contribution is -2.32. The Morgan fingerprint density at radius 3 is 2.87 bits per heavy atom. The summed E-state index contributed by atoms with van der Waals surface area (Å²) >= 11 is 0. The van der Waals surface area contributed by atoms with Crippen LogP contribution in [0.5, 0.6) is 5.75 Å². The van der Waals surface area contributed by atoms with Gasteiger partial charge in [0.1, 0.15) is 12.4 Å². The molecule has 0 radical (unpaired) electrons. The van der Waals surface area contributed by atoms with Gasteiger partial charge in [-0.2, -0.15) is 0 Å². The molecule has 0 atom stereocenters. The fourth-order valence-electron chi connectivity index (χ4n) is 3.48. The summed E-state index contributed by atoms with van der Waals surface area (Å²) in [5.41, 5.74) is 3.82. The van der Waals surface area contributed by atoms with Gasteiger partial charge in [0.15, 0.2) is 0 Å². The van der Waals surface area contributed by atoms with Crippen LogP contribution < -0.4 is 10.1 Å². The number of aromatic nitrogens is 2. The lowest BCUT2D eigenvalue weighted by molar-refractivity contribution is -0.116. The molecule has 0 spiro atoms. The fourth-order valence-corrected chi connectivity index (χ4v) is 3.48. The van der Waals surface area contributed by atoms with E-state index in [1.807, 2.05) is 37.3 Å². The van der Waals surface area contributed by atoms with Gasteiger partial charge < -0.3 is 15.0 Å². The fraction of sp³-hybridized carbons (Fsp3) is 0.250. The number of benzene rings is 2. The first-order chi connectivity index (χ1) is 15.1. The topological polar surface area (TPSA) is 84.4 Å². The van der Waals surface area contributed by atoms with E-state index in [0.29, 0.717) is 37.4 Å². The molecule has 1 N–H and O–H groups in total. The van der Waals surface area contributed by atoms with Crippen LogP contribution in [0, 0.1) is 6.92 Å². The van der Waals surface area contributed by atoms with Gasteiger partial charge in [-0.15, -0.1) is 0 Å². The number of rotatable bonds is 5. The van der Waals surface area contributed by atoms with Gasteiger partial charge in [0.05, 0.1) is 12.2 Å². The van der Waals surface area contributed by atoms with Crippen LogP contribution in [0.2, 0.25) is 0 Å². The van der Waals surface area contributed by atoms with E-state index in [1.54, 1.807) is 35.6 Å². The van der Waals surface area contributed by atoms with Gasteiger partial charge in [-0.05, 0) is 37.1 Å². The largest absolute Gasteiger partial charge is 0.491 e. The van der Waals surface area contributed by atoms with E-state index in [4.69, 9.17) is 4.74 Å². The van der Waals surface area contributed by atoms with Crippen molar-refractivity contribution in [3.05, 3.63) is 83.4 Å². The van der Waals surface area contributed by atoms with Gasteiger partial charge in [-0.25, -0.2) is 0 Å². The van der Waals surface area contributed by atoms with E-state index >= 15 is 0 Å². The number of amides is 2. The Kier molecular flexibility index (Phi) is 6.21. The number of ether oxygens (including phenoxy) is 1. The Labute approximate surface area is 181 Å². The van der Waals surface area contributed by atoms with Crippen LogP contribution in [0.25, 0.3) is 0 Å². The maximum atomic E-state index is 13.2. The zero-order chi connectivity index (χ0) is 21.6. The molecule has 1 aromatic heterocycles. The van der Waals surface area contributed by atoms with Crippen LogP contribution in [0.4, 0.5) is 5.69 Å². The molecular weight excluding hydrogens is 392 g/mol. The van der Waals surface area contributed by atoms with Crippen molar-refractivity contribution >= 4 is 17.5 Å². The number of hydrogen-bond donors (Lipinski definition) is 1. The van der Waals surface area contributed by atoms with E-state index in [-0.39, 0.29) is 18.2 Å². The molecule has 3 aromatic rings. The summed E-state index contributed by atoms with van der Waals surface area (Å²) in [6, 6.07) is 13.2.